The molecule has 1 atom stereocenters. The number of piperazine rings is 1. The third-order valence-electron chi connectivity index (χ3n) is 5.16. The normalized spacial score (nSPS) is 20.1. The van der Waals surface area contributed by atoms with E-state index in [9.17, 15) is 13.2 Å². The summed E-state index contributed by atoms with van der Waals surface area (Å²) in [4.78, 5) is 14.5. The van der Waals surface area contributed by atoms with Crippen LogP contribution in [0.3, 0.4) is 0 Å². The van der Waals surface area contributed by atoms with E-state index in [-0.39, 0.29) is 35.7 Å². The van der Waals surface area contributed by atoms with Gasteiger partial charge in [-0.25, -0.2) is 8.42 Å². The molecule has 2 aliphatic rings. The highest BCUT2D eigenvalue weighted by molar-refractivity contribution is 7.89. The van der Waals surface area contributed by atoms with Gasteiger partial charge in [-0.1, -0.05) is 35.9 Å². The zero-order chi connectivity index (χ0) is 19.2. The van der Waals surface area contributed by atoms with Gasteiger partial charge in [0.1, 0.15) is 10.6 Å². The third kappa shape index (κ3) is 3.09. The molecule has 8 heteroatoms. The van der Waals surface area contributed by atoms with Crippen molar-refractivity contribution in [1.29, 1.82) is 0 Å². The molecule has 2 aromatic carbocycles. The first kappa shape index (κ1) is 18.3. The van der Waals surface area contributed by atoms with Gasteiger partial charge in [0.05, 0.1) is 19.7 Å². The van der Waals surface area contributed by atoms with Crippen molar-refractivity contribution in [2.24, 2.45) is 0 Å². The Kier molecular flexibility index (Phi) is 4.61. The molecule has 1 saturated heterocycles. The van der Waals surface area contributed by atoms with Crippen molar-refractivity contribution >= 4 is 27.5 Å². The van der Waals surface area contributed by atoms with Crippen LogP contribution >= 0.6 is 11.6 Å². The molecule has 0 saturated carbocycles. The van der Waals surface area contributed by atoms with E-state index in [4.69, 9.17) is 16.3 Å². The molecule has 6 nitrogen and oxygen atoms in total. The Labute approximate surface area is 163 Å². The first-order valence-corrected chi connectivity index (χ1v) is 10.4. The van der Waals surface area contributed by atoms with Crippen molar-refractivity contribution in [1.82, 2.24) is 9.21 Å². The lowest BCUT2D eigenvalue weighted by Gasteiger charge is -2.44. The maximum atomic E-state index is 13.3. The number of amides is 1. The van der Waals surface area contributed by atoms with E-state index in [1.807, 2.05) is 24.3 Å². The Bertz CT molecular complexity index is 1010. The van der Waals surface area contributed by atoms with Gasteiger partial charge >= 0.3 is 0 Å². The van der Waals surface area contributed by atoms with E-state index in [0.717, 1.165) is 17.5 Å². The summed E-state index contributed by atoms with van der Waals surface area (Å²) in [5.41, 5.74) is 2.17. The minimum Gasteiger partial charge on any atom is -0.495 e. The number of methoxy groups -OCH3 is 1. The van der Waals surface area contributed by atoms with Crippen LogP contribution in [0.1, 0.15) is 17.2 Å². The molecule has 1 fully saturated rings. The lowest BCUT2D eigenvalue weighted by atomic mass is 9.91. The summed E-state index contributed by atoms with van der Waals surface area (Å²) in [6, 6.07) is 12.0. The molecular weight excluding hydrogens is 388 g/mol. The molecule has 0 radical (unpaired) electrons. The topological polar surface area (TPSA) is 66.9 Å². The summed E-state index contributed by atoms with van der Waals surface area (Å²) < 4.78 is 33.0. The van der Waals surface area contributed by atoms with Crippen molar-refractivity contribution < 1.29 is 17.9 Å². The Balaban J connectivity index is 1.74. The number of halogens is 1. The SMILES string of the molecule is COc1ccc(Cl)cc1S(=O)(=O)N1CC(=O)N2CCc3ccccc3C2C1. The number of hydrogen-bond acceptors (Lipinski definition) is 4. The van der Waals surface area contributed by atoms with Crippen LogP contribution in [0.15, 0.2) is 47.4 Å². The van der Waals surface area contributed by atoms with Gasteiger partial charge in [-0.05, 0) is 35.7 Å². The molecule has 2 aromatic rings. The number of ether oxygens (including phenoxy) is 1. The van der Waals surface area contributed by atoms with Gasteiger partial charge in [-0.2, -0.15) is 4.31 Å². The summed E-state index contributed by atoms with van der Waals surface area (Å²) in [6.07, 6.45) is 0.785. The number of carbonyl (C=O) groups is 1. The Hall–Kier alpha value is -2.09. The molecule has 0 spiro atoms. The quantitative estimate of drug-likeness (QED) is 0.785. The van der Waals surface area contributed by atoms with Gasteiger partial charge in [0.15, 0.2) is 0 Å². The molecule has 27 heavy (non-hydrogen) atoms. The van der Waals surface area contributed by atoms with Crippen LogP contribution in [-0.4, -0.2) is 50.3 Å². The van der Waals surface area contributed by atoms with E-state index in [0.29, 0.717) is 11.6 Å². The number of nitrogens with zero attached hydrogens (tertiary/aromatic N) is 2. The molecular formula is C19H19ClN2O4S. The summed E-state index contributed by atoms with van der Waals surface area (Å²) in [7, 11) is -2.53. The summed E-state index contributed by atoms with van der Waals surface area (Å²) in [5.74, 6) is 0.0173. The van der Waals surface area contributed by atoms with Crippen molar-refractivity contribution in [3.8, 4) is 5.75 Å². The minimum absolute atomic E-state index is 0.0251. The van der Waals surface area contributed by atoms with Gasteiger partial charge in [-0.15, -0.1) is 0 Å². The zero-order valence-corrected chi connectivity index (χ0v) is 16.3. The van der Waals surface area contributed by atoms with Crippen LogP contribution < -0.4 is 4.74 Å². The molecule has 0 N–H and O–H groups in total. The fraction of sp³-hybridized carbons (Fsp3) is 0.316. The van der Waals surface area contributed by atoms with Gasteiger partial charge in [0.2, 0.25) is 15.9 Å². The number of hydrogen-bond donors (Lipinski definition) is 0. The molecule has 1 amide bonds. The van der Waals surface area contributed by atoms with E-state index in [2.05, 4.69) is 0 Å². The fourth-order valence-corrected chi connectivity index (χ4v) is 5.63. The third-order valence-corrected chi connectivity index (χ3v) is 7.23. The fourth-order valence-electron chi connectivity index (χ4n) is 3.82. The van der Waals surface area contributed by atoms with E-state index < -0.39 is 10.0 Å². The lowest BCUT2D eigenvalue weighted by Crippen LogP contribution is -2.55. The predicted molar refractivity (Wildman–Crippen MR) is 101 cm³/mol. The molecule has 4 rings (SSSR count). The largest absolute Gasteiger partial charge is 0.495 e. The standard InChI is InChI=1S/C19H19ClN2O4S/c1-26-17-7-6-14(20)10-18(17)27(24,25)21-11-16-15-5-3-2-4-13(15)8-9-22(16)19(23)12-21/h2-7,10,16H,8-9,11-12H2,1H3. The zero-order valence-electron chi connectivity index (χ0n) is 14.8. The highest BCUT2D eigenvalue weighted by Crippen LogP contribution is 2.36. The number of fused-ring (bicyclic) bond motifs is 3. The van der Waals surface area contributed by atoms with Crippen LogP contribution in [0.2, 0.25) is 5.02 Å². The van der Waals surface area contributed by atoms with Crippen LogP contribution in [0.25, 0.3) is 0 Å². The molecule has 0 bridgehead atoms. The molecule has 1 unspecified atom stereocenters. The van der Waals surface area contributed by atoms with E-state index in [1.54, 1.807) is 11.0 Å². The van der Waals surface area contributed by atoms with Gasteiger partial charge in [0.25, 0.3) is 0 Å². The number of sulfonamides is 1. The maximum Gasteiger partial charge on any atom is 0.247 e. The number of carbonyl (C=O) groups excluding carboxylic acids is 1. The minimum atomic E-state index is -3.94. The first-order chi connectivity index (χ1) is 12.9. The smallest absolute Gasteiger partial charge is 0.247 e. The van der Waals surface area contributed by atoms with Crippen LogP contribution in [-0.2, 0) is 21.2 Å². The number of benzene rings is 2. The molecule has 142 valence electrons. The van der Waals surface area contributed by atoms with Gasteiger partial charge < -0.3 is 9.64 Å². The van der Waals surface area contributed by atoms with Gasteiger partial charge in [-0.3, -0.25) is 4.79 Å². The summed E-state index contributed by atoms with van der Waals surface area (Å²) in [5, 5.41) is 0.294. The molecule has 0 aromatic heterocycles. The average molecular weight is 407 g/mol. The first-order valence-electron chi connectivity index (χ1n) is 8.63. The van der Waals surface area contributed by atoms with Crippen molar-refractivity contribution in [2.45, 2.75) is 17.4 Å². The molecule has 2 heterocycles. The molecule has 2 aliphatic heterocycles. The molecule has 0 aliphatic carbocycles. The Morgan fingerprint density at radius 1 is 1.19 bits per heavy atom. The van der Waals surface area contributed by atoms with E-state index in [1.165, 1.54) is 23.5 Å². The predicted octanol–water partition coefficient (Wildman–Crippen LogP) is 2.48. The second-order valence-corrected chi connectivity index (χ2v) is 8.99. The summed E-state index contributed by atoms with van der Waals surface area (Å²) in [6.45, 7) is 0.631. The van der Waals surface area contributed by atoms with Crippen LogP contribution in [0.5, 0.6) is 5.75 Å². The van der Waals surface area contributed by atoms with Crippen molar-refractivity contribution in [3.05, 3.63) is 58.6 Å². The van der Waals surface area contributed by atoms with Crippen LogP contribution in [0, 0.1) is 0 Å². The average Bonchev–Trinajstić information content (AvgIpc) is 2.67. The maximum absolute atomic E-state index is 13.3. The van der Waals surface area contributed by atoms with Crippen molar-refractivity contribution in [2.75, 3.05) is 26.7 Å². The number of rotatable bonds is 3. The highest BCUT2D eigenvalue weighted by Gasteiger charge is 2.42. The van der Waals surface area contributed by atoms with Gasteiger partial charge in [0, 0.05) is 18.1 Å². The second kappa shape index (κ2) is 6.82. The van der Waals surface area contributed by atoms with E-state index >= 15 is 0 Å². The second-order valence-electron chi connectivity index (χ2n) is 6.64. The Morgan fingerprint density at radius 2 is 1.96 bits per heavy atom. The Morgan fingerprint density at radius 3 is 2.74 bits per heavy atom. The monoisotopic (exact) mass is 406 g/mol. The van der Waals surface area contributed by atoms with Crippen LogP contribution in [0.4, 0.5) is 0 Å². The highest BCUT2D eigenvalue weighted by atomic mass is 35.5. The van der Waals surface area contributed by atoms with Crippen molar-refractivity contribution in [3.63, 3.8) is 0 Å². The lowest BCUT2D eigenvalue weighted by molar-refractivity contribution is -0.138. The summed E-state index contributed by atoms with van der Waals surface area (Å²) >= 11 is 6.01.